The lowest BCUT2D eigenvalue weighted by molar-refractivity contribution is 0.111. The zero-order valence-corrected chi connectivity index (χ0v) is 6.79. The second-order valence-electron chi connectivity index (χ2n) is 3.01. The van der Waals surface area contributed by atoms with Crippen molar-refractivity contribution in [3.8, 4) is 0 Å². The lowest BCUT2D eigenvalue weighted by Gasteiger charge is -1.98. The fourth-order valence-electron chi connectivity index (χ4n) is 0.980. The van der Waals surface area contributed by atoms with Crippen molar-refractivity contribution in [1.82, 2.24) is 9.97 Å². The van der Waals surface area contributed by atoms with E-state index in [1.54, 1.807) is 6.20 Å². The largest absolute Gasteiger partial charge is 0.340 e. The van der Waals surface area contributed by atoms with Crippen LogP contribution in [-0.2, 0) is 6.42 Å². The van der Waals surface area contributed by atoms with Gasteiger partial charge in [-0.1, -0.05) is 13.8 Å². The maximum absolute atomic E-state index is 10.2. The average molecular weight is 152 g/mol. The van der Waals surface area contributed by atoms with E-state index in [0.717, 1.165) is 18.4 Å². The molecule has 11 heavy (non-hydrogen) atoms. The topological polar surface area (TPSA) is 45.8 Å². The van der Waals surface area contributed by atoms with Crippen LogP contribution in [-0.4, -0.2) is 16.3 Å². The molecule has 3 nitrogen and oxygen atoms in total. The molecule has 0 aromatic carbocycles. The summed E-state index contributed by atoms with van der Waals surface area (Å²) in [5.74, 6) is 1.01. The Labute approximate surface area is 65.8 Å². The molecule has 3 heteroatoms. The minimum atomic E-state index is 0.417. The van der Waals surface area contributed by atoms with Gasteiger partial charge in [-0.2, -0.15) is 0 Å². The number of rotatable bonds is 3. The number of aromatic amines is 1. The number of carbonyl (C=O) groups is 1. The summed E-state index contributed by atoms with van der Waals surface area (Å²) in [6.07, 6.45) is 3.38. The molecular weight excluding hydrogens is 140 g/mol. The first-order valence-electron chi connectivity index (χ1n) is 3.71. The van der Waals surface area contributed by atoms with Gasteiger partial charge in [-0.25, -0.2) is 4.98 Å². The second-order valence-corrected chi connectivity index (χ2v) is 3.01. The van der Waals surface area contributed by atoms with Crippen molar-refractivity contribution in [3.63, 3.8) is 0 Å². The van der Waals surface area contributed by atoms with Crippen molar-refractivity contribution in [2.45, 2.75) is 20.3 Å². The number of carbonyl (C=O) groups excluding carboxylic acids is 1. The van der Waals surface area contributed by atoms with Crippen molar-refractivity contribution in [3.05, 3.63) is 17.7 Å². The molecule has 1 rings (SSSR count). The summed E-state index contributed by atoms with van der Waals surface area (Å²) >= 11 is 0. The number of hydrogen-bond acceptors (Lipinski definition) is 2. The Morgan fingerprint density at radius 1 is 1.73 bits per heavy atom. The Kier molecular flexibility index (Phi) is 2.41. The molecule has 1 N–H and O–H groups in total. The summed E-state index contributed by atoms with van der Waals surface area (Å²) in [6.45, 7) is 4.25. The standard InChI is InChI=1S/C8H12N2O/c1-6(2)3-7-4-9-8(5-11)10-7/h4-6H,3H2,1-2H3,(H,9,10). The van der Waals surface area contributed by atoms with Crippen LogP contribution in [0.3, 0.4) is 0 Å². The van der Waals surface area contributed by atoms with Crippen molar-refractivity contribution in [2.24, 2.45) is 5.92 Å². The Hall–Kier alpha value is -1.12. The molecule has 60 valence electrons. The van der Waals surface area contributed by atoms with E-state index in [1.807, 2.05) is 0 Å². The zero-order valence-electron chi connectivity index (χ0n) is 6.79. The van der Waals surface area contributed by atoms with Gasteiger partial charge in [0.05, 0.1) is 0 Å². The summed E-state index contributed by atoms with van der Waals surface area (Å²) in [5, 5.41) is 0. The summed E-state index contributed by atoms with van der Waals surface area (Å²) < 4.78 is 0. The fraction of sp³-hybridized carbons (Fsp3) is 0.500. The summed E-state index contributed by atoms with van der Waals surface area (Å²) in [4.78, 5) is 17.0. The van der Waals surface area contributed by atoms with Crippen LogP contribution in [0.5, 0.6) is 0 Å². The molecule has 0 saturated heterocycles. The van der Waals surface area contributed by atoms with Crippen molar-refractivity contribution >= 4 is 6.29 Å². The van der Waals surface area contributed by atoms with Gasteiger partial charge in [0.2, 0.25) is 0 Å². The molecular formula is C8H12N2O. The molecule has 0 unspecified atom stereocenters. The number of nitrogens with one attached hydrogen (secondary N) is 1. The SMILES string of the molecule is CC(C)Cc1cnc(C=O)[nH]1. The Bertz CT molecular complexity index is 240. The normalized spacial score (nSPS) is 10.5. The van der Waals surface area contributed by atoms with E-state index in [9.17, 15) is 4.79 Å². The van der Waals surface area contributed by atoms with Gasteiger partial charge in [0.25, 0.3) is 0 Å². The smallest absolute Gasteiger partial charge is 0.185 e. The first kappa shape index (κ1) is 7.98. The van der Waals surface area contributed by atoms with Crippen molar-refractivity contribution < 1.29 is 4.79 Å². The van der Waals surface area contributed by atoms with Crippen molar-refractivity contribution in [2.75, 3.05) is 0 Å². The Balaban J connectivity index is 2.65. The van der Waals surface area contributed by atoms with Gasteiger partial charge in [-0.15, -0.1) is 0 Å². The quantitative estimate of drug-likeness (QED) is 0.666. The summed E-state index contributed by atoms with van der Waals surface area (Å²) in [5.41, 5.74) is 1.03. The van der Waals surface area contributed by atoms with Crippen LogP contribution in [0.25, 0.3) is 0 Å². The van der Waals surface area contributed by atoms with Gasteiger partial charge >= 0.3 is 0 Å². The molecule has 0 saturated carbocycles. The first-order chi connectivity index (χ1) is 5.22. The molecule has 1 aromatic rings. The van der Waals surface area contributed by atoms with Gasteiger partial charge in [-0.3, -0.25) is 4.79 Å². The Morgan fingerprint density at radius 3 is 2.91 bits per heavy atom. The number of aromatic nitrogens is 2. The van der Waals surface area contributed by atoms with Crippen LogP contribution < -0.4 is 0 Å². The maximum Gasteiger partial charge on any atom is 0.185 e. The van der Waals surface area contributed by atoms with Gasteiger partial charge < -0.3 is 4.98 Å². The van der Waals surface area contributed by atoms with Crippen LogP contribution in [0.1, 0.15) is 30.2 Å². The fourth-order valence-corrected chi connectivity index (χ4v) is 0.980. The first-order valence-corrected chi connectivity index (χ1v) is 3.71. The van der Waals surface area contributed by atoms with Gasteiger partial charge in [0, 0.05) is 11.9 Å². The van der Waals surface area contributed by atoms with Gasteiger partial charge in [-0.05, 0) is 12.3 Å². The van der Waals surface area contributed by atoms with Gasteiger partial charge in [0.1, 0.15) is 0 Å². The predicted octanol–water partition coefficient (Wildman–Crippen LogP) is 1.42. The number of nitrogens with zero attached hydrogens (tertiary/aromatic N) is 1. The molecule has 1 aromatic heterocycles. The molecule has 0 spiro atoms. The molecule has 0 fully saturated rings. The van der Waals surface area contributed by atoms with E-state index in [4.69, 9.17) is 0 Å². The molecule has 0 amide bonds. The number of H-pyrrole nitrogens is 1. The number of aldehydes is 1. The monoisotopic (exact) mass is 152 g/mol. The lowest BCUT2D eigenvalue weighted by atomic mass is 10.1. The van der Waals surface area contributed by atoms with Crippen LogP contribution in [0, 0.1) is 5.92 Å². The van der Waals surface area contributed by atoms with Crippen LogP contribution in [0.4, 0.5) is 0 Å². The van der Waals surface area contributed by atoms with E-state index in [-0.39, 0.29) is 0 Å². The van der Waals surface area contributed by atoms with Crippen LogP contribution in [0.2, 0.25) is 0 Å². The minimum Gasteiger partial charge on any atom is -0.340 e. The number of imidazole rings is 1. The third-order valence-electron chi connectivity index (χ3n) is 1.39. The maximum atomic E-state index is 10.2. The highest BCUT2D eigenvalue weighted by atomic mass is 16.1. The molecule has 0 bridgehead atoms. The highest BCUT2D eigenvalue weighted by Crippen LogP contribution is 2.03. The average Bonchev–Trinajstić information content (AvgIpc) is 2.34. The summed E-state index contributed by atoms with van der Waals surface area (Å²) in [7, 11) is 0. The van der Waals surface area contributed by atoms with E-state index in [0.29, 0.717) is 11.7 Å². The third kappa shape index (κ3) is 2.18. The molecule has 0 aliphatic carbocycles. The third-order valence-corrected chi connectivity index (χ3v) is 1.39. The number of hydrogen-bond donors (Lipinski definition) is 1. The molecule has 1 heterocycles. The summed E-state index contributed by atoms with van der Waals surface area (Å²) in [6, 6.07) is 0. The predicted molar refractivity (Wildman–Crippen MR) is 42.5 cm³/mol. The molecule has 0 radical (unpaired) electrons. The highest BCUT2D eigenvalue weighted by Gasteiger charge is 2.00. The minimum absolute atomic E-state index is 0.417. The van der Waals surface area contributed by atoms with Crippen LogP contribution in [0.15, 0.2) is 6.20 Å². The van der Waals surface area contributed by atoms with Gasteiger partial charge in [0.15, 0.2) is 12.1 Å². The molecule has 0 atom stereocenters. The highest BCUT2D eigenvalue weighted by molar-refractivity contribution is 5.68. The van der Waals surface area contributed by atoms with E-state index in [2.05, 4.69) is 23.8 Å². The Morgan fingerprint density at radius 2 is 2.45 bits per heavy atom. The lowest BCUT2D eigenvalue weighted by Crippen LogP contribution is -1.94. The molecule has 0 aliphatic rings. The van der Waals surface area contributed by atoms with Crippen molar-refractivity contribution in [1.29, 1.82) is 0 Å². The van der Waals surface area contributed by atoms with E-state index >= 15 is 0 Å². The second kappa shape index (κ2) is 3.32. The zero-order chi connectivity index (χ0) is 8.27. The van der Waals surface area contributed by atoms with Crippen LogP contribution >= 0.6 is 0 Å². The van der Waals surface area contributed by atoms with E-state index in [1.165, 1.54) is 0 Å². The van der Waals surface area contributed by atoms with E-state index < -0.39 is 0 Å². The molecule has 0 aliphatic heterocycles.